The first-order valence-corrected chi connectivity index (χ1v) is 6.15. The van der Waals surface area contributed by atoms with Crippen molar-refractivity contribution in [2.45, 2.75) is 32.3 Å². The summed E-state index contributed by atoms with van der Waals surface area (Å²) in [5.74, 6) is 0.748. The summed E-state index contributed by atoms with van der Waals surface area (Å²) in [7, 11) is 0. The van der Waals surface area contributed by atoms with Gasteiger partial charge in [0.15, 0.2) is 0 Å². The summed E-state index contributed by atoms with van der Waals surface area (Å²) in [6.07, 6.45) is 4.61. The van der Waals surface area contributed by atoms with Crippen LogP contribution >= 0.6 is 0 Å². The van der Waals surface area contributed by atoms with Crippen molar-refractivity contribution in [2.24, 2.45) is 0 Å². The second-order valence-electron chi connectivity index (χ2n) is 4.61. The van der Waals surface area contributed by atoms with Gasteiger partial charge in [0.05, 0.1) is 36.8 Å². The molecule has 0 unspecified atom stereocenters. The number of β-amino-alcohol motifs (C(OH)–C–C–N with tert-alkyl or cyclic N) is 1. The van der Waals surface area contributed by atoms with Gasteiger partial charge >= 0.3 is 6.03 Å². The van der Waals surface area contributed by atoms with E-state index in [4.69, 9.17) is 0 Å². The van der Waals surface area contributed by atoms with Crippen molar-refractivity contribution in [2.75, 3.05) is 18.4 Å². The Morgan fingerprint density at radius 1 is 1.44 bits per heavy atom. The number of hydrogen-bond acceptors (Lipinski definition) is 4. The van der Waals surface area contributed by atoms with E-state index < -0.39 is 5.60 Å². The third-order valence-electron chi connectivity index (χ3n) is 3.19. The van der Waals surface area contributed by atoms with Crippen LogP contribution in [-0.4, -0.2) is 44.7 Å². The first-order valence-electron chi connectivity index (χ1n) is 6.15. The van der Waals surface area contributed by atoms with Crippen LogP contribution in [0.2, 0.25) is 0 Å². The summed E-state index contributed by atoms with van der Waals surface area (Å²) in [4.78, 5) is 21.6. The molecule has 0 atom stereocenters. The van der Waals surface area contributed by atoms with Gasteiger partial charge in [-0.2, -0.15) is 0 Å². The van der Waals surface area contributed by atoms with Gasteiger partial charge in [0.25, 0.3) is 0 Å². The number of nitrogens with zero attached hydrogens (tertiary/aromatic N) is 3. The highest BCUT2D eigenvalue weighted by Crippen LogP contribution is 2.24. The van der Waals surface area contributed by atoms with E-state index in [-0.39, 0.29) is 6.03 Å². The third kappa shape index (κ3) is 2.59. The monoisotopic (exact) mass is 250 g/mol. The van der Waals surface area contributed by atoms with E-state index >= 15 is 0 Å². The van der Waals surface area contributed by atoms with Gasteiger partial charge in [0.1, 0.15) is 5.82 Å². The molecule has 98 valence electrons. The molecule has 1 aliphatic heterocycles. The molecule has 2 heterocycles. The Kier molecular flexibility index (Phi) is 3.47. The molecule has 2 amide bonds. The molecule has 0 radical (unpaired) electrons. The number of carbonyl (C=O) groups excluding carboxylic acids is 1. The minimum absolute atomic E-state index is 0.221. The molecule has 18 heavy (non-hydrogen) atoms. The van der Waals surface area contributed by atoms with Gasteiger partial charge in [-0.15, -0.1) is 0 Å². The van der Waals surface area contributed by atoms with Gasteiger partial charge in [0.2, 0.25) is 0 Å². The molecule has 0 aliphatic carbocycles. The van der Waals surface area contributed by atoms with E-state index in [1.165, 1.54) is 0 Å². The Hall–Kier alpha value is -1.69. The summed E-state index contributed by atoms with van der Waals surface area (Å²) in [5.41, 5.74) is -0.135. The van der Waals surface area contributed by atoms with Crippen LogP contribution in [0, 0.1) is 0 Å². The Morgan fingerprint density at radius 3 is 2.56 bits per heavy atom. The van der Waals surface area contributed by atoms with Crippen molar-refractivity contribution < 1.29 is 9.90 Å². The average Bonchev–Trinajstić information content (AvgIpc) is 2.35. The number of nitrogens with one attached hydrogen (secondary N) is 1. The van der Waals surface area contributed by atoms with Crippen LogP contribution in [0.3, 0.4) is 0 Å². The van der Waals surface area contributed by atoms with Crippen molar-refractivity contribution in [1.82, 2.24) is 14.9 Å². The molecule has 1 saturated heterocycles. The topological polar surface area (TPSA) is 78.4 Å². The first-order chi connectivity index (χ1) is 8.56. The number of aromatic nitrogens is 2. The van der Waals surface area contributed by atoms with E-state index in [0.717, 1.165) is 12.2 Å². The normalized spacial score (nSPS) is 17.2. The lowest BCUT2D eigenvalue weighted by molar-refractivity contribution is -0.0755. The number of rotatable bonds is 3. The van der Waals surface area contributed by atoms with Crippen molar-refractivity contribution in [3.05, 3.63) is 18.2 Å². The lowest BCUT2D eigenvalue weighted by Crippen LogP contribution is -2.63. The van der Waals surface area contributed by atoms with Gasteiger partial charge in [0, 0.05) is 6.42 Å². The summed E-state index contributed by atoms with van der Waals surface area (Å²) < 4.78 is 0. The predicted octanol–water partition coefficient (Wildman–Crippen LogP) is 1.03. The van der Waals surface area contributed by atoms with Crippen molar-refractivity contribution in [1.29, 1.82) is 0 Å². The SMILES string of the molecule is CCc1ncc(NC(=O)N2CC(O)(CC)C2)cn1. The summed E-state index contributed by atoms with van der Waals surface area (Å²) >= 11 is 0. The molecule has 6 heteroatoms. The Labute approximate surface area is 106 Å². The number of hydrogen-bond donors (Lipinski definition) is 2. The molecule has 2 rings (SSSR count). The molecule has 1 aromatic heterocycles. The maximum atomic E-state index is 11.8. The largest absolute Gasteiger partial charge is 0.386 e. The highest BCUT2D eigenvalue weighted by Gasteiger charge is 2.42. The molecule has 1 aliphatic rings. The number of carbonyl (C=O) groups is 1. The molecule has 1 aromatic rings. The van der Waals surface area contributed by atoms with E-state index in [9.17, 15) is 9.90 Å². The molecule has 1 fully saturated rings. The summed E-state index contributed by atoms with van der Waals surface area (Å²) in [5, 5.41) is 12.5. The van der Waals surface area contributed by atoms with Gasteiger partial charge in [-0.05, 0) is 6.42 Å². The maximum Gasteiger partial charge on any atom is 0.322 e. The van der Waals surface area contributed by atoms with Gasteiger partial charge in [-0.3, -0.25) is 0 Å². The van der Waals surface area contributed by atoms with Crippen LogP contribution in [0.4, 0.5) is 10.5 Å². The second kappa shape index (κ2) is 4.89. The summed E-state index contributed by atoms with van der Waals surface area (Å²) in [6.45, 7) is 4.64. The molecular weight excluding hydrogens is 232 g/mol. The zero-order chi connectivity index (χ0) is 13.2. The second-order valence-corrected chi connectivity index (χ2v) is 4.61. The maximum absolute atomic E-state index is 11.8. The van der Waals surface area contributed by atoms with E-state index in [0.29, 0.717) is 25.2 Å². The first kappa shape index (κ1) is 12.8. The molecular formula is C12H18N4O2. The molecule has 6 nitrogen and oxygen atoms in total. The fourth-order valence-electron chi connectivity index (χ4n) is 1.84. The Bertz CT molecular complexity index is 426. The Balaban J connectivity index is 1.88. The predicted molar refractivity (Wildman–Crippen MR) is 67.2 cm³/mol. The zero-order valence-corrected chi connectivity index (χ0v) is 10.7. The van der Waals surface area contributed by atoms with Gasteiger partial charge < -0.3 is 15.3 Å². The van der Waals surface area contributed by atoms with Crippen LogP contribution in [-0.2, 0) is 6.42 Å². The van der Waals surface area contributed by atoms with Crippen LogP contribution in [0.5, 0.6) is 0 Å². The van der Waals surface area contributed by atoms with Crippen molar-refractivity contribution >= 4 is 11.7 Å². The fraction of sp³-hybridized carbons (Fsp3) is 0.583. The van der Waals surface area contributed by atoms with Crippen LogP contribution in [0.1, 0.15) is 26.1 Å². The molecule has 0 spiro atoms. The molecule has 2 N–H and O–H groups in total. The quantitative estimate of drug-likeness (QED) is 0.839. The number of likely N-dealkylation sites (tertiary alicyclic amines) is 1. The van der Waals surface area contributed by atoms with E-state index in [1.807, 2.05) is 13.8 Å². The number of aryl methyl sites for hydroxylation is 1. The minimum Gasteiger partial charge on any atom is -0.386 e. The van der Waals surface area contributed by atoms with E-state index in [1.54, 1.807) is 17.3 Å². The van der Waals surface area contributed by atoms with E-state index in [2.05, 4.69) is 15.3 Å². The zero-order valence-electron chi connectivity index (χ0n) is 10.7. The highest BCUT2D eigenvalue weighted by molar-refractivity contribution is 5.89. The number of amides is 2. The number of aliphatic hydroxyl groups is 1. The van der Waals surface area contributed by atoms with Crippen molar-refractivity contribution in [3.63, 3.8) is 0 Å². The minimum atomic E-state index is -0.708. The van der Waals surface area contributed by atoms with Crippen molar-refractivity contribution in [3.8, 4) is 0 Å². The lowest BCUT2D eigenvalue weighted by atomic mass is 9.92. The molecule has 0 bridgehead atoms. The molecule has 0 saturated carbocycles. The fourth-order valence-corrected chi connectivity index (χ4v) is 1.84. The average molecular weight is 250 g/mol. The Morgan fingerprint density at radius 2 is 2.06 bits per heavy atom. The van der Waals surface area contributed by atoms with Gasteiger partial charge in [-0.1, -0.05) is 13.8 Å². The number of urea groups is 1. The van der Waals surface area contributed by atoms with Gasteiger partial charge in [-0.25, -0.2) is 14.8 Å². The smallest absolute Gasteiger partial charge is 0.322 e. The third-order valence-corrected chi connectivity index (χ3v) is 3.19. The standard InChI is InChI=1S/C12H18N4O2/c1-3-10-13-5-9(6-14-10)15-11(17)16-7-12(18,4-2)8-16/h5-6,18H,3-4,7-8H2,1-2H3,(H,15,17). The molecule has 0 aromatic carbocycles. The van der Waals surface area contributed by atoms with Crippen LogP contribution < -0.4 is 5.32 Å². The van der Waals surface area contributed by atoms with Crippen LogP contribution in [0.15, 0.2) is 12.4 Å². The van der Waals surface area contributed by atoms with Crippen LogP contribution in [0.25, 0.3) is 0 Å². The number of anilines is 1. The summed E-state index contributed by atoms with van der Waals surface area (Å²) in [6, 6.07) is -0.221. The highest BCUT2D eigenvalue weighted by atomic mass is 16.3. The lowest BCUT2D eigenvalue weighted by Gasteiger charge is -2.45.